The van der Waals surface area contributed by atoms with Gasteiger partial charge in [-0.05, 0) is 29.7 Å². The number of hydrogen-bond donors (Lipinski definition) is 3. The SMILES string of the molecule is CN=C(NCCc1ccc(OC)c(OC(F)F)c1)NCC(CO)c1ccccc1.I. The number of aliphatic imine (C=N–C) groups is 1. The van der Waals surface area contributed by atoms with E-state index in [9.17, 15) is 13.9 Å². The number of hydrogen-bond acceptors (Lipinski definition) is 4. The molecule has 0 aromatic heterocycles. The second-order valence-corrected chi connectivity index (χ2v) is 6.28. The van der Waals surface area contributed by atoms with Gasteiger partial charge in [0.15, 0.2) is 17.5 Å². The van der Waals surface area contributed by atoms with E-state index in [1.54, 1.807) is 25.2 Å². The number of aliphatic hydroxyl groups excluding tert-OH is 1. The first kappa shape index (κ1) is 25.9. The molecule has 2 aromatic rings. The van der Waals surface area contributed by atoms with Crippen LogP contribution in [0.1, 0.15) is 17.0 Å². The molecule has 166 valence electrons. The summed E-state index contributed by atoms with van der Waals surface area (Å²) in [5, 5.41) is 16.0. The monoisotopic (exact) mass is 535 g/mol. The molecule has 0 amide bonds. The Morgan fingerprint density at radius 1 is 1.10 bits per heavy atom. The molecule has 2 rings (SSSR count). The minimum absolute atomic E-state index is 0. The molecule has 0 aliphatic rings. The number of alkyl halides is 2. The molecular weight excluding hydrogens is 507 g/mol. The fourth-order valence-electron chi connectivity index (χ4n) is 2.84. The van der Waals surface area contributed by atoms with Gasteiger partial charge in [0, 0.05) is 26.1 Å². The second-order valence-electron chi connectivity index (χ2n) is 6.28. The topological polar surface area (TPSA) is 75.1 Å². The lowest BCUT2D eigenvalue weighted by molar-refractivity contribution is -0.0512. The van der Waals surface area contributed by atoms with E-state index in [1.165, 1.54) is 7.11 Å². The summed E-state index contributed by atoms with van der Waals surface area (Å²) in [6.45, 7) is -1.83. The van der Waals surface area contributed by atoms with E-state index in [4.69, 9.17) is 4.74 Å². The van der Waals surface area contributed by atoms with Crippen LogP contribution >= 0.6 is 24.0 Å². The van der Waals surface area contributed by atoms with Crippen LogP contribution in [0.5, 0.6) is 11.5 Å². The largest absolute Gasteiger partial charge is 0.493 e. The molecule has 0 fully saturated rings. The van der Waals surface area contributed by atoms with Crippen molar-refractivity contribution in [2.24, 2.45) is 4.99 Å². The number of aliphatic hydroxyl groups is 1. The number of benzene rings is 2. The lowest BCUT2D eigenvalue weighted by atomic mass is 10.0. The van der Waals surface area contributed by atoms with Crippen molar-refractivity contribution in [3.63, 3.8) is 0 Å². The maximum absolute atomic E-state index is 12.5. The first-order chi connectivity index (χ1) is 14.1. The quantitative estimate of drug-likeness (QED) is 0.247. The van der Waals surface area contributed by atoms with E-state index in [0.29, 0.717) is 25.5 Å². The number of methoxy groups -OCH3 is 1. The number of rotatable bonds is 10. The third-order valence-electron chi connectivity index (χ3n) is 4.38. The van der Waals surface area contributed by atoms with Gasteiger partial charge in [0.2, 0.25) is 0 Å². The highest BCUT2D eigenvalue weighted by atomic mass is 127. The van der Waals surface area contributed by atoms with Crippen molar-refractivity contribution in [3.8, 4) is 11.5 Å². The Kier molecular flexibility index (Phi) is 12.1. The predicted molar refractivity (Wildman–Crippen MR) is 124 cm³/mol. The minimum atomic E-state index is -2.91. The van der Waals surface area contributed by atoms with Crippen molar-refractivity contribution in [1.29, 1.82) is 0 Å². The fourth-order valence-corrected chi connectivity index (χ4v) is 2.84. The molecule has 3 N–H and O–H groups in total. The van der Waals surface area contributed by atoms with Crippen LogP contribution in [0.25, 0.3) is 0 Å². The normalized spacial score (nSPS) is 12.1. The molecule has 2 aromatic carbocycles. The number of nitrogens with one attached hydrogen (secondary N) is 2. The summed E-state index contributed by atoms with van der Waals surface area (Å²) in [4.78, 5) is 4.17. The number of nitrogens with zero attached hydrogens (tertiary/aromatic N) is 1. The number of ether oxygens (including phenoxy) is 2. The van der Waals surface area contributed by atoms with Gasteiger partial charge in [0.25, 0.3) is 0 Å². The zero-order chi connectivity index (χ0) is 21.1. The summed E-state index contributed by atoms with van der Waals surface area (Å²) in [5.41, 5.74) is 1.87. The molecule has 0 radical (unpaired) electrons. The third-order valence-corrected chi connectivity index (χ3v) is 4.38. The van der Waals surface area contributed by atoms with E-state index in [-0.39, 0.29) is 48.0 Å². The van der Waals surface area contributed by atoms with Crippen molar-refractivity contribution >= 4 is 29.9 Å². The van der Waals surface area contributed by atoms with Crippen molar-refractivity contribution in [1.82, 2.24) is 10.6 Å². The number of guanidine groups is 1. The molecule has 9 heteroatoms. The van der Waals surface area contributed by atoms with Crippen LogP contribution in [0.3, 0.4) is 0 Å². The van der Waals surface area contributed by atoms with Crippen LogP contribution < -0.4 is 20.1 Å². The Morgan fingerprint density at radius 3 is 2.43 bits per heavy atom. The van der Waals surface area contributed by atoms with Gasteiger partial charge in [-0.15, -0.1) is 24.0 Å². The highest BCUT2D eigenvalue weighted by Crippen LogP contribution is 2.29. The van der Waals surface area contributed by atoms with Crippen LogP contribution in [0.4, 0.5) is 8.78 Å². The van der Waals surface area contributed by atoms with E-state index in [0.717, 1.165) is 11.1 Å². The molecule has 1 atom stereocenters. The molecule has 1 unspecified atom stereocenters. The molecule has 0 heterocycles. The average molecular weight is 535 g/mol. The van der Waals surface area contributed by atoms with Crippen LogP contribution in [0.15, 0.2) is 53.5 Å². The second kappa shape index (κ2) is 14.0. The highest BCUT2D eigenvalue weighted by molar-refractivity contribution is 14.0. The summed E-state index contributed by atoms with van der Waals surface area (Å²) in [5.74, 6) is 0.814. The average Bonchev–Trinajstić information content (AvgIpc) is 2.73. The molecule has 0 saturated carbocycles. The van der Waals surface area contributed by atoms with Gasteiger partial charge >= 0.3 is 6.61 Å². The molecule has 6 nitrogen and oxygen atoms in total. The molecule has 0 saturated heterocycles. The summed E-state index contributed by atoms with van der Waals surface area (Å²) in [7, 11) is 3.06. The summed E-state index contributed by atoms with van der Waals surface area (Å²) < 4.78 is 34.6. The highest BCUT2D eigenvalue weighted by Gasteiger charge is 2.12. The van der Waals surface area contributed by atoms with Crippen LogP contribution in [0, 0.1) is 0 Å². The molecule has 0 aliphatic carbocycles. The van der Waals surface area contributed by atoms with E-state index in [2.05, 4.69) is 20.4 Å². The zero-order valence-corrected chi connectivity index (χ0v) is 19.3. The van der Waals surface area contributed by atoms with E-state index in [1.807, 2.05) is 30.3 Å². The zero-order valence-electron chi connectivity index (χ0n) is 17.0. The lowest BCUT2D eigenvalue weighted by Gasteiger charge is -2.18. The molecular formula is C21H28F2IN3O3. The summed E-state index contributed by atoms with van der Waals surface area (Å²) in [6, 6.07) is 14.7. The van der Waals surface area contributed by atoms with Gasteiger partial charge in [-0.2, -0.15) is 8.78 Å². The maximum atomic E-state index is 12.5. The van der Waals surface area contributed by atoms with E-state index < -0.39 is 6.61 Å². The predicted octanol–water partition coefficient (Wildman–Crippen LogP) is 3.40. The Labute approximate surface area is 192 Å². The Bertz CT molecular complexity index is 779. The maximum Gasteiger partial charge on any atom is 0.387 e. The summed E-state index contributed by atoms with van der Waals surface area (Å²) >= 11 is 0. The number of halogens is 3. The smallest absolute Gasteiger partial charge is 0.387 e. The Hall–Kier alpha value is -2.14. The molecule has 0 spiro atoms. The standard InChI is InChI=1S/C21H27F2N3O3.HI/c1-24-21(26-13-17(14-27)16-6-4-3-5-7-16)25-11-10-15-8-9-18(28-2)19(12-15)29-20(22)23;/h3-9,12,17,20,27H,10-11,13-14H2,1-2H3,(H2,24,25,26);1H. The van der Waals surface area contributed by atoms with Gasteiger partial charge < -0.3 is 25.2 Å². The first-order valence-electron chi connectivity index (χ1n) is 9.29. The van der Waals surface area contributed by atoms with Crippen molar-refractivity contribution in [2.75, 3.05) is 33.9 Å². The van der Waals surface area contributed by atoms with Crippen molar-refractivity contribution in [2.45, 2.75) is 19.0 Å². The summed E-state index contributed by atoms with van der Waals surface area (Å²) in [6.07, 6.45) is 0.576. The van der Waals surface area contributed by atoms with Gasteiger partial charge in [0.1, 0.15) is 0 Å². The van der Waals surface area contributed by atoms with Crippen LogP contribution in [-0.2, 0) is 6.42 Å². The van der Waals surface area contributed by atoms with E-state index >= 15 is 0 Å². The van der Waals surface area contributed by atoms with Gasteiger partial charge in [-0.3, -0.25) is 4.99 Å². The Balaban J connectivity index is 0.00000450. The Morgan fingerprint density at radius 2 is 1.83 bits per heavy atom. The minimum Gasteiger partial charge on any atom is -0.493 e. The first-order valence-corrected chi connectivity index (χ1v) is 9.29. The molecule has 0 aliphatic heterocycles. The van der Waals surface area contributed by atoms with Crippen molar-refractivity contribution in [3.05, 3.63) is 59.7 Å². The van der Waals surface area contributed by atoms with Crippen molar-refractivity contribution < 1.29 is 23.4 Å². The molecule has 0 bridgehead atoms. The fraction of sp³-hybridized carbons (Fsp3) is 0.381. The van der Waals surface area contributed by atoms with Crippen LogP contribution in [0.2, 0.25) is 0 Å². The third kappa shape index (κ3) is 8.31. The van der Waals surface area contributed by atoms with Crippen LogP contribution in [-0.4, -0.2) is 51.5 Å². The van der Waals surface area contributed by atoms with Gasteiger partial charge in [0.05, 0.1) is 13.7 Å². The van der Waals surface area contributed by atoms with Gasteiger partial charge in [-0.25, -0.2) is 0 Å². The lowest BCUT2D eigenvalue weighted by Crippen LogP contribution is -2.40. The molecule has 30 heavy (non-hydrogen) atoms. The van der Waals surface area contributed by atoms with Gasteiger partial charge in [-0.1, -0.05) is 36.4 Å².